The number of halogens is 1. The molecular weight excluding hydrogens is 261 g/mol. The van der Waals surface area contributed by atoms with Crippen LogP contribution in [0.15, 0.2) is 48.5 Å². The van der Waals surface area contributed by atoms with Crippen LogP contribution in [0.5, 0.6) is 0 Å². The zero-order valence-electron chi connectivity index (χ0n) is 13.3. The molecule has 0 aliphatic carbocycles. The molecule has 0 radical (unpaired) electrons. The summed E-state index contributed by atoms with van der Waals surface area (Å²) < 4.78 is 14.0. The first-order valence-corrected chi connectivity index (χ1v) is 7.43. The van der Waals surface area contributed by atoms with Crippen LogP contribution in [-0.4, -0.2) is 0 Å². The van der Waals surface area contributed by atoms with Gasteiger partial charge in [0.25, 0.3) is 0 Å². The van der Waals surface area contributed by atoms with Gasteiger partial charge < -0.3 is 5.32 Å². The number of rotatable bonds is 4. The van der Waals surface area contributed by atoms with Crippen LogP contribution in [-0.2, 0) is 0 Å². The van der Waals surface area contributed by atoms with Crippen LogP contribution < -0.4 is 5.32 Å². The molecule has 0 aromatic heterocycles. The van der Waals surface area contributed by atoms with Crippen LogP contribution in [0.2, 0.25) is 0 Å². The quantitative estimate of drug-likeness (QED) is 0.757. The van der Waals surface area contributed by atoms with E-state index in [1.165, 1.54) is 11.6 Å². The Hall–Kier alpha value is -1.83. The van der Waals surface area contributed by atoms with Crippen LogP contribution in [0.25, 0.3) is 0 Å². The van der Waals surface area contributed by atoms with E-state index >= 15 is 0 Å². The summed E-state index contributed by atoms with van der Waals surface area (Å²) in [4.78, 5) is 0. The topological polar surface area (TPSA) is 12.0 Å². The molecule has 2 aromatic rings. The highest BCUT2D eigenvalue weighted by atomic mass is 19.1. The third kappa shape index (κ3) is 4.59. The highest BCUT2D eigenvalue weighted by molar-refractivity contribution is 5.49. The zero-order valence-corrected chi connectivity index (χ0v) is 13.3. The van der Waals surface area contributed by atoms with E-state index in [1.54, 1.807) is 6.07 Å². The molecule has 2 heteroatoms. The minimum absolute atomic E-state index is 0.0995. The van der Waals surface area contributed by atoms with E-state index in [0.29, 0.717) is 5.69 Å². The second-order valence-corrected chi connectivity index (χ2v) is 6.86. The van der Waals surface area contributed by atoms with Crippen LogP contribution >= 0.6 is 0 Å². The Morgan fingerprint density at radius 2 is 1.71 bits per heavy atom. The summed E-state index contributed by atoms with van der Waals surface area (Å²) in [7, 11) is 0. The van der Waals surface area contributed by atoms with Gasteiger partial charge in [0.15, 0.2) is 0 Å². The van der Waals surface area contributed by atoms with Crippen LogP contribution in [0.1, 0.15) is 44.4 Å². The van der Waals surface area contributed by atoms with Gasteiger partial charge in [0.05, 0.1) is 11.7 Å². The molecule has 0 spiro atoms. The van der Waals surface area contributed by atoms with Crippen LogP contribution in [0, 0.1) is 18.2 Å². The predicted molar refractivity (Wildman–Crippen MR) is 88.0 cm³/mol. The predicted octanol–water partition coefficient (Wildman–Crippen LogP) is 5.72. The minimum atomic E-state index is -0.199. The Kier molecular flexibility index (Phi) is 4.66. The smallest absolute Gasteiger partial charge is 0.146 e. The second kappa shape index (κ2) is 6.30. The molecule has 0 amide bonds. The Morgan fingerprint density at radius 1 is 1.05 bits per heavy atom. The SMILES string of the molecule is Cc1ccc(F)c(NC(CC(C)(C)C)c2ccccc2)c1. The molecule has 0 heterocycles. The van der Waals surface area contributed by atoms with Crippen molar-refractivity contribution in [1.82, 2.24) is 0 Å². The van der Waals surface area contributed by atoms with E-state index in [-0.39, 0.29) is 17.3 Å². The summed E-state index contributed by atoms with van der Waals surface area (Å²) in [6.07, 6.45) is 0.935. The van der Waals surface area contributed by atoms with Gasteiger partial charge in [0.2, 0.25) is 0 Å². The lowest BCUT2D eigenvalue weighted by Gasteiger charge is -2.28. The van der Waals surface area contributed by atoms with Crippen molar-refractivity contribution < 1.29 is 4.39 Å². The van der Waals surface area contributed by atoms with E-state index in [1.807, 2.05) is 31.2 Å². The van der Waals surface area contributed by atoms with Gasteiger partial charge in [-0.2, -0.15) is 0 Å². The monoisotopic (exact) mass is 285 g/mol. The molecule has 1 N–H and O–H groups in total. The Balaban J connectivity index is 2.30. The number of aryl methyl sites for hydroxylation is 1. The summed E-state index contributed by atoms with van der Waals surface area (Å²) in [6, 6.07) is 15.5. The van der Waals surface area contributed by atoms with E-state index < -0.39 is 0 Å². The van der Waals surface area contributed by atoms with Crippen molar-refractivity contribution in [3.63, 3.8) is 0 Å². The molecule has 2 rings (SSSR count). The Morgan fingerprint density at radius 3 is 2.33 bits per heavy atom. The Bertz CT molecular complexity index is 584. The van der Waals surface area contributed by atoms with Gasteiger partial charge in [-0.05, 0) is 42.0 Å². The molecule has 1 nitrogen and oxygen atoms in total. The highest BCUT2D eigenvalue weighted by Gasteiger charge is 2.21. The third-order valence-electron chi connectivity index (χ3n) is 3.47. The molecule has 0 fully saturated rings. The van der Waals surface area contributed by atoms with Crippen molar-refractivity contribution >= 4 is 5.69 Å². The average Bonchev–Trinajstić information content (AvgIpc) is 2.42. The van der Waals surface area contributed by atoms with Crippen molar-refractivity contribution in [3.05, 3.63) is 65.5 Å². The summed E-state index contributed by atoms with van der Waals surface area (Å²) in [5.74, 6) is -0.199. The van der Waals surface area contributed by atoms with Gasteiger partial charge in [-0.15, -0.1) is 0 Å². The standard InChI is InChI=1S/C19H24FN/c1-14-10-11-16(20)17(12-14)21-18(13-19(2,3)4)15-8-6-5-7-9-15/h5-12,18,21H,13H2,1-4H3. The maximum absolute atomic E-state index is 14.0. The minimum Gasteiger partial charge on any atom is -0.376 e. The maximum Gasteiger partial charge on any atom is 0.146 e. The average molecular weight is 285 g/mol. The molecule has 2 aromatic carbocycles. The molecule has 112 valence electrons. The fourth-order valence-corrected chi connectivity index (χ4v) is 2.49. The second-order valence-electron chi connectivity index (χ2n) is 6.86. The van der Waals surface area contributed by atoms with Crippen molar-refractivity contribution in [2.45, 2.75) is 40.2 Å². The number of nitrogens with one attached hydrogen (secondary N) is 1. The number of hydrogen-bond acceptors (Lipinski definition) is 1. The summed E-state index contributed by atoms with van der Waals surface area (Å²) in [5, 5.41) is 3.39. The van der Waals surface area contributed by atoms with E-state index in [4.69, 9.17) is 0 Å². The molecule has 21 heavy (non-hydrogen) atoms. The summed E-state index contributed by atoms with van der Waals surface area (Å²) in [6.45, 7) is 8.59. The van der Waals surface area contributed by atoms with Crippen LogP contribution in [0.3, 0.4) is 0 Å². The first-order chi connectivity index (χ1) is 9.85. The fourth-order valence-electron chi connectivity index (χ4n) is 2.49. The van der Waals surface area contributed by atoms with Gasteiger partial charge in [-0.25, -0.2) is 4.39 Å². The highest BCUT2D eigenvalue weighted by Crippen LogP contribution is 2.33. The number of benzene rings is 2. The molecule has 0 bridgehead atoms. The zero-order chi connectivity index (χ0) is 15.5. The molecule has 1 atom stereocenters. The van der Waals surface area contributed by atoms with E-state index in [0.717, 1.165) is 12.0 Å². The van der Waals surface area contributed by atoms with Gasteiger partial charge in [-0.3, -0.25) is 0 Å². The molecule has 1 unspecified atom stereocenters. The lowest BCUT2D eigenvalue weighted by atomic mass is 9.85. The van der Waals surface area contributed by atoms with Gasteiger partial charge in [0, 0.05) is 0 Å². The van der Waals surface area contributed by atoms with Crippen molar-refractivity contribution in [3.8, 4) is 0 Å². The number of anilines is 1. The Labute approximate surface area is 127 Å². The van der Waals surface area contributed by atoms with E-state index in [2.05, 4.69) is 38.2 Å². The van der Waals surface area contributed by atoms with Crippen LogP contribution in [0.4, 0.5) is 10.1 Å². The van der Waals surface area contributed by atoms with Gasteiger partial charge >= 0.3 is 0 Å². The molecule has 0 aliphatic heterocycles. The third-order valence-corrected chi connectivity index (χ3v) is 3.47. The van der Waals surface area contributed by atoms with Crippen molar-refractivity contribution in [2.24, 2.45) is 5.41 Å². The largest absolute Gasteiger partial charge is 0.376 e. The molecular formula is C19H24FN. The summed E-state index contributed by atoms with van der Waals surface area (Å²) in [5.41, 5.74) is 2.98. The van der Waals surface area contributed by atoms with E-state index in [9.17, 15) is 4.39 Å². The lowest BCUT2D eigenvalue weighted by molar-refractivity contribution is 0.352. The number of hydrogen-bond donors (Lipinski definition) is 1. The molecule has 0 aliphatic rings. The van der Waals surface area contributed by atoms with Gasteiger partial charge in [0.1, 0.15) is 5.82 Å². The maximum atomic E-state index is 14.0. The van der Waals surface area contributed by atoms with Gasteiger partial charge in [-0.1, -0.05) is 57.2 Å². The molecule has 0 saturated heterocycles. The normalized spacial score (nSPS) is 13.0. The summed E-state index contributed by atoms with van der Waals surface area (Å²) >= 11 is 0. The first-order valence-electron chi connectivity index (χ1n) is 7.43. The first kappa shape index (κ1) is 15.6. The lowest BCUT2D eigenvalue weighted by Crippen LogP contribution is -2.19. The molecule has 0 saturated carbocycles. The van der Waals surface area contributed by atoms with Crippen molar-refractivity contribution in [1.29, 1.82) is 0 Å². The fraction of sp³-hybridized carbons (Fsp3) is 0.368. The van der Waals surface area contributed by atoms with Crippen molar-refractivity contribution in [2.75, 3.05) is 5.32 Å².